The van der Waals surface area contributed by atoms with Crippen LogP contribution in [0.5, 0.6) is 5.75 Å². The monoisotopic (exact) mass is 266 g/mol. The number of hydrogen-bond acceptors (Lipinski definition) is 2. The fourth-order valence-corrected chi connectivity index (χ4v) is 2.26. The molecule has 0 unspecified atom stereocenters. The van der Waals surface area contributed by atoms with Crippen LogP contribution < -0.4 is 4.74 Å². The highest BCUT2D eigenvalue weighted by Crippen LogP contribution is 2.26. The number of benzene rings is 2. The van der Waals surface area contributed by atoms with Crippen molar-refractivity contribution >= 4 is 11.0 Å². The average molecular weight is 266 g/mol. The van der Waals surface area contributed by atoms with E-state index in [0.29, 0.717) is 0 Å². The lowest BCUT2D eigenvalue weighted by Gasteiger charge is -2.15. The molecule has 0 spiro atoms. The Bertz CT molecular complexity index is 713. The van der Waals surface area contributed by atoms with Gasteiger partial charge in [0.25, 0.3) is 0 Å². The molecule has 0 radical (unpaired) electrons. The van der Waals surface area contributed by atoms with Crippen molar-refractivity contribution in [2.75, 3.05) is 0 Å². The van der Waals surface area contributed by atoms with Gasteiger partial charge in [0.1, 0.15) is 11.6 Å². The van der Waals surface area contributed by atoms with Gasteiger partial charge in [-0.3, -0.25) is 0 Å². The van der Waals surface area contributed by atoms with Crippen LogP contribution in [0.1, 0.15) is 30.0 Å². The molecule has 1 atom stereocenters. The Labute approximate surface area is 118 Å². The second-order valence-corrected chi connectivity index (χ2v) is 5.10. The summed E-state index contributed by atoms with van der Waals surface area (Å²) in [6.07, 6.45) is -0.108. The number of rotatable bonds is 3. The van der Waals surface area contributed by atoms with Gasteiger partial charge in [0.05, 0.1) is 11.0 Å². The molecule has 1 N–H and O–H groups in total. The van der Waals surface area contributed by atoms with E-state index in [1.807, 2.05) is 43.3 Å². The first-order valence-corrected chi connectivity index (χ1v) is 6.82. The quantitative estimate of drug-likeness (QED) is 0.766. The van der Waals surface area contributed by atoms with E-state index in [9.17, 15) is 0 Å². The lowest BCUT2D eigenvalue weighted by Crippen LogP contribution is -2.06. The van der Waals surface area contributed by atoms with Crippen molar-refractivity contribution in [3.8, 4) is 5.75 Å². The minimum Gasteiger partial charge on any atom is -0.483 e. The average Bonchev–Trinajstić information content (AvgIpc) is 2.88. The predicted octanol–water partition coefficient (Wildman–Crippen LogP) is 4.32. The smallest absolute Gasteiger partial charge is 0.153 e. The first-order chi connectivity index (χ1) is 9.65. The van der Waals surface area contributed by atoms with E-state index in [1.54, 1.807) is 0 Å². The van der Waals surface area contributed by atoms with Crippen molar-refractivity contribution in [1.29, 1.82) is 0 Å². The van der Waals surface area contributed by atoms with E-state index in [2.05, 4.69) is 29.9 Å². The highest BCUT2D eigenvalue weighted by molar-refractivity contribution is 5.74. The van der Waals surface area contributed by atoms with Crippen LogP contribution in [0.2, 0.25) is 0 Å². The number of fused-ring (bicyclic) bond motifs is 1. The number of nitrogens with one attached hydrogen (secondary N) is 1. The van der Waals surface area contributed by atoms with Gasteiger partial charge in [-0.1, -0.05) is 24.3 Å². The topological polar surface area (TPSA) is 37.9 Å². The van der Waals surface area contributed by atoms with Crippen molar-refractivity contribution < 1.29 is 4.74 Å². The standard InChI is InChI=1S/C17H18N2O/c1-11-7-6-10-16(12(11)2)20-13(3)17-18-14-8-4-5-9-15(14)19-17/h4-10,13H,1-3H3,(H,18,19)/t13-/m0/s1. The summed E-state index contributed by atoms with van der Waals surface area (Å²) in [5.41, 5.74) is 4.42. The molecule has 102 valence electrons. The molecule has 0 bridgehead atoms. The lowest BCUT2D eigenvalue weighted by molar-refractivity contribution is 0.216. The Hall–Kier alpha value is -2.29. The molecule has 2 aromatic carbocycles. The molecule has 0 saturated heterocycles. The molecule has 3 aromatic rings. The number of aryl methyl sites for hydroxylation is 1. The molecule has 1 heterocycles. The zero-order chi connectivity index (χ0) is 14.1. The maximum atomic E-state index is 6.05. The van der Waals surface area contributed by atoms with E-state index in [-0.39, 0.29) is 6.10 Å². The van der Waals surface area contributed by atoms with Gasteiger partial charge >= 0.3 is 0 Å². The molecule has 0 amide bonds. The van der Waals surface area contributed by atoms with Gasteiger partial charge in [-0.25, -0.2) is 4.98 Å². The minimum atomic E-state index is -0.108. The summed E-state index contributed by atoms with van der Waals surface area (Å²) in [4.78, 5) is 7.89. The van der Waals surface area contributed by atoms with Crippen molar-refractivity contribution in [2.45, 2.75) is 26.9 Å². The fraction of sp³-hybridized carbons (Fsp3) is 0.235. The zero-order valence-electron chi connectivity index (χ0n) is 12.0. The number of H-pyrrole nitrogens is 1. The van der Waals surface area contributed by atoms with Gasteiger partial charge in [-0.15, -0.1) is 0 Å². The summed E-state index contributed by atoms with van der Waals surface area (Å²) in [7, 11) is 0. The van der Waals surface area contributed by atoms with Crippen LogP contribution in [0, 0.1) is 13.8 Å². The third kappa shape index (κ3) is 2.27. The Balaban J connectivity index is 1.89. The number of hydrogen-bond donors (Lipinski definition) is 1. The number of nitrogens with zero attached hydrogens (tertiary/aromatic N) is 1. The Morgan fingerprint density at radius 2 is 1.85 bits per heavy atom. The van der Waals surface area contributed by atoms with Crippen LogP contribution in [-0.4, -0.2) is 9.97 Å². The SMILES string of the molecule is Cc1cccc(O[C@@H](C)c2nc3ccccc3[nH]2)c1C. The van der Waals surface area contributed by atoms with Crippen LogP contribution in [0.15, 0.2) is 42.5 Å². The predicted molar refractivity (Wildman–Crippen MR) is 81.1 cm³/mol. The fourth-order valence-electron chi connectivity index (χ4n) is 2.26. The second kappa shape index (κ2) is 5.00. The maximum Gasteiger partial charge on any atom is 0.153 e. The van der Waals surface area contributed by atoms with Gasteiger partial charge in [0, 0.05) is 0 Å². The van der Waals surface area contributed by atoms with E-state index in [4.69, 9.17) is 4.74 Å². The molecule has 3 heteroatoms. The van der Waals surface area contributed by atoms with E-state index < -0.39 is 0 Å². The Kier molecular flexibility index (Phi) is 3.18. The lowest BCUT2D eigenvalue weighted by atomic mass is 10.1. The second-order valence-electron chi connectivity index (χ2n) is 5.10. The third-order valence-corrected chi connectivity index (χ3v) is 3.65. The van der Waals surface area contributed by atoms with Crippen LogP contribution in [0.25, 0.3) is 11.0 Å². The maximum absolute atomic E-state index is 6.05. The summed E-state index contributed by atoms with van der Waals surface area (Å²) in [5.74, 6) is 1.77. The van der Waals surface area contributed by atoms with Gasteiger partial charge in [0.2, 0.25) is 0 Å². The summed E-state index contributed by atoms with van der Waals surface area (Å²) in [6, 6.07) is 14.1. The molecule has 0 aliphatic rings. The number of ether oxygens (including phenoxy) is 1. The van der Waals surface area contributed by atoms with Crippen molar-refractivity contribution in [2.24, 2.45) is 0 Å². The summed E-state index contributed by atoms with van der Waals surface area (Å²) >= 11 is 0. The molecule has 0 aliphatic carbocycles. The van der Waals surface area contributed by atoms with Gasteiger partial charge in [-0.2, -0.15) is 0 Å². The molecule has 0 fully saturated rings. The van der Waals surface area contributed by atoms with Crippen molar-refractivity contribution in [1.82, 2.24) is 9.97 Å². The Morgan fingerprint density at radius 1 is 1.05 bits per heavy atom. The van der Waals surface area contributed by atoms with Gasteiger partial charge in [-0.05, 0) is 50.1 Å². The van der Waals surface area contributed by atoms with E-state index >= 15 is 0 Å². The minimum absolute atomic E-state index is 0.108. The number of imidazole rings is 1. The highest BCUT2D eigenvalue weighted by Gasteiger charge is 2.13. The first kappa shape index (κ1) is 12.7. The molecule has 3 nitrogen and oxygen atoms in total. The summed E-state index contributed by atoms with van der Waals surface area (Å²) in [5, 5.41) is 0. The highest BCUT2D eigenvalue weighted by atomic mass is 16.5. The molecule has 1 aromatic heterocycles. The summed E-state index contributed by atoms with van der Waals surface area (Å²) in [6.45, 7) is 6.18. The van der Waals surface area contributed by atoms with Gasteiger partial charge in [0.15, 0.2) is 6.10 Å². The number of para-hydroxylation sites is 2. The van der Waals surface area contributed by atoms with Crippen molar-refractivity contribution in [3.05, 3.63) is 59.4 Å². The molecule has 3 rings (SSSR count). The summed E-state index contributed by atoms with van der Waals surface area (Å²) < 4.78 is 6.05. The van der Waals surface area contributed by atoms with E-state index in [0.717, 1.165) is 22.6 Å². The normalized spacial score (nSPS) is 12.6. The third-order valence-electron chi connectivity index (χ3n) is 3.65. The number of aromatic amines is 1. The van der Waals surface area contributed by atoms with Crippen molar-refractivity contribution in [3.63, 3.8) is 0 Å². The molecule has 20 heavy (non-hydrogen) atoms. The number of aromatic nitrogens is 2. The first-order valence-electron chi connectivity index (χ1n) is 6.82. The van der Waals surface area contributed by atoms with E-state index in [1.165, 1.54) is 11.1 Å². The van der Waals surface area contributed by atoms with Crippen LogP contribution in [0.3, 0.4) is 0 Å². The van der Waals surface area contributed by atoms with Crippen LogP contribution >= 0.6 is 0 Å². The van der Waals surface area contributed by atoms with Crippen LogP contribution in [0.4, 0.5) is 0 Å². The molecule has 0 aliphatic heterocycles. The Morgan fingerprint density at radius 3 is 2.65 bits per heavy atom. The molecular weight excluding hydrogens is 248 g/mol. The molecular formula is C17H18N2O. The van der Waals surface area contributed by atoms with Crippen LogP contribution in [-0.2, 0) is 0 Å². The zero-order valence-corrected chi connectivity index (χ0v) is 12.0. The van der Waals surface area contributed by atoms with Gasteiger partial charge < -0.3 is 9.72 Å². The molecule has 0 saturated carbocycles. The largest absolute Gasteiger partial charge is 0.483 e.